The Morgan fingerprint density at radius 2 is 0.417 bits per heavy atom. The molecule has 0 saturated carbocycles. The van der Waals surface area contributed by atoms with E-state index in [1.165, 1.54) is 0 Å². The van der Waals surface area contributed by atoms with E-state index >= 15 is 0 Å². The minimum Gasteiger partial charge on any atom is -1.00 e. The zero-order valence-electron chi connectivity index (χ0n) is 5.88. The van der Waals surface area contributed by atoms with Crippen molar-refractivity contribution in [3.8, 4) is 0 Å². The van der Waals surface area contributed by atoms with Crippen LogP contribution in [0.3, 0.4) is 0 Å². The van der Waals surface area contributed by atoms with Gasteiger partial charge in [0.15, 0.2) is 0 Å². The first-order valence-corrected chi connectivity index (χ1v) is 0. The van der Waals surface area contributed by atoms with E-state index in [0.717, 1.165) is 0 Å². The van der Waals surface area contributed by atoms with E-state index in [2.05, 4.69) is 0 Å². The maximum absolute atomic E-state index is 0. The quantitative estimate of drug-likeness (QED) is 0.168. The predicted octanol–water partition coefficient (Wildman–Crippen LogP) is -30.0. The summed E-state index contributed by atoms with van der Waals surface area (Å²) in [6, 6.07) is 0. The molecule has 0 fully saturated rings. The second-order valence-electron chi connectivity index (χ2n) is 0. The Kier molecular flexibility index (Phi) is 717. The maximum Gasteiger partial charge on any atom is 3.00 e. The van der Waals surface area contributed by atoms with Crippen LogP contribution in [0.25, 0.3) is 0 Å². The molecular formula is I8LiNaScTm. The summed E-state index contributed by atoms with van der Waals surface area (Å²) in [5.74, 6) is 0. The molecule has 0 aromatic carbocycles. The molecule has 0 atom stereocenters. The van der Waals surface area contributed by atoms with Crippen LogP contribution in [0.15, 0.2) is 0 Å². The standard InChI is InChI=1S/8HI.Li.Na.Sc.Tm/h8*1H;;;;/q;;;;;;;;2*+1;2*+3/p-8. The molecule has 0 nitrogen and oxygen atoms in total. The van der Waals surface area contributed by atoms with Crippen molar-refractivity contribution >= 4 is 0 Å². The van der Waals surface area contributed by atoms with Crippen LogP contribution in [0.1, 0.15) is 0 Å². The first kappa shape index (κ1) is 99.8. The van der Waals surface area contributed by atoms with Crippen LogP contribution in [-0.2, 0) is 25.8 Å². The largest absolute Gasteiger partial charge is 3.00 e. The fourth-order valence-corrected chi connectivity index (χ4v) is 0. The monoisotopic (exact) mass is 1260 g/mol. The van der Waals surface area contributed by atoms with Gasteiger partial charge in [-0.2, -0.15) is 0 Å². The maximum atomic E-state index is 0. The van der Waals surface area contributed by atoms with Crippen LogP contribution in [0, 0.1) is 36.9 Å². The molecule has 0 aromatic rings. The Balaban J connectivity index is 0. The van der Waals surface area contributed by atoms with Gasteiger partial charge in [0.1, 0.15) is 0 Å². The fourth-order valence-electron chi connectivity index (χ4n) is 0. The minimum atomic E-state index is 0. The second kappa shape index (κ2) is 86.2. The zero-order valence-corrected chi connectivity index (χ0v) is 28.7. The number of rotatable bonds is 0. The van der Waals surface area contributed by atoms with E-state index in [-0.39, 0.29) is 303 Å². The minimum absolute atomic E-state index is 0. The van der Waals surface area contributed by atoms with E-state index in [9.17, 15) is 0 Å². The molecule has 12 heavy (non-hydrogen) atoms. The number of hydrogen-bond acceptors (Lipinski definition) is 0. The van der Waals surface area contributed by atoms with Gasteiger partial charge in [-0.15, -0.1) is 0 Å². The molecule has 0 aromatic heterocycles. The Hall–Kier alpha value is 9.54. The summed E-state index contributed by atoms with van der Waals surface area (Å²) in [5, 5.41) is 0. The van der Waals surface area contributed by atoms with Crippen LogP contribution in [0.2, 0.25) is 0 Å². The third kappa shape index (κ3) is 73.8. The van der Waals surface area contributed by atoms with Gasteiger partial charge in [0.25, 0.3) is 0 Å². The molecule has 0 unspecified atom stereocenters. The van der Waals surface area contributed by atoms with Gasteiger partial charge < -0.3 is 192 Å². The van der Waals surface area contributed by atoms with Gasteiger partial charge in [-0.1, -0.05) is 0 Å². The molecule has 0 N–H and O–H groups in total. The number of hydrogen-bond donors (Lipinski definition) is 0. The van der Waals surface area contributed by atoms with Crippen LogP contribution in [0.4, 0.5) is 0 Å². The van der Waals surface area contributed by atoms with Crippen molar-refractivity contribution in [3.05, 3.63) is 0 Å². The molecule has 0 bridgehead atoms. The van der Waals surface area contributed by atoms with Gasteiger partial charge in [-0.05, 0) is 0 Å². The average Bonchev–Trinajstić information content (AvgIpc) is 0. The summed E-state index contributed by atoms with van der Waals surface area (Å²) in [6.45, 7) is 0. The fraction of sp³-hybridized carbons (Fsp3) is 0. The molecule has 74 valence electrons. The molecule has 0 aliphatic heterocycles. The second-order valence-corrected chi connectivity index (χ2v) is 0. The van der Waals surface area contributed by atoms with Crippen molar-refractivity contribution in [2.24, 2.45) is 0 Å². The van der Waals surface area contributed by atoms with E-state index in [4.69, 9.17) is 0 Å². The molecule has 0 radical (unpaired) electrons. The smallest absolute Gasteiger partial charge is 1.00 e. The van der Waals surface area contributed by atoms with E-state index < -0.39 is 0 Å². The van der Waals surface area contributed by atoms with Gasteiger partial charge in [-0.25, -0.2) is 0 Å². The molecule has 0 aliphatic carbocycles. The summed E-state index contributed by atoms with van der Waals surface area (Å²) in [5.41, 5.74) is 0. The van der Waals surface area contributed by atoms with Gasteiger partial charge >= 0.3 is 111 Å². The topological polar surface area (TPSA) is 0 Å². The SMILES string of the molecule is [I-].[I-].[I-].[I-].[I-].[I-].[I-].[I-].[Li+].[Na+].[Sc+3].[Tm+3]. The van der Waals surface area contributed by atoms with Crippen molar-refractivity contribution in [2.75, 3.05) is 0 Å². The summed E-state index contributed by atoms with van der Waals surface area (Å²) in [7, 11) is 0. The molecule has 0 amide bonds. The number of halogens is 8. The van der Waals surface area contributed by atoms with Gasteiger partial charge in [0.05, 0.1) is 0 Å². The Bertz CT molecular complexity index is 19.0. The Morgan fingerprint density at radius 3 is 0.417 bits per heavy atom. The van der Waals surface area contributed by atoms with Crippen LogP contribution in [0.5, 0.6) is 0 Å². The first-order chi connectivity index (χ1) is 0. The van der Waals surface area contributed by atoms with E-state index in [0.29, 0.717) is 0 Å². The first-order valence-electron chi connectivity index (χ1n) is 0. The van der Waals surface area contributed by atoms with E-state index in [1.54, 1.807) is 0 Å². The molecule has 0 saturated heterocycles. The van der Waals surface area contributed by atoms with Crippen LogP contribution in [-0.4, -0.2) is 0 Å². The summed E-state index contributed by atoms with van der Waals surface area (Å²) in [4.78, 5) is 0. The normalized spacial score (nSPS) is 0. The Morgan fingerprint density at radius 1 is 0.417 bits per heavy atom. The van der Waals surface area contributed by atoms with Crippen LogP contribution < -0.4 is 240 Å². The van der Waals surface area contributed by atoms with Crippen molar-refractivity contribution in [1.82, 2.24) is 0 Å². The molecule has 12 heteroatoms. The molecule has 0 rings (SSSR count). The third-order valence-electron chi connectivity index (χ3n) is 0. The average molecular weight is 1260 g/mol. The molecule has 0 heterocycles. The molecular weight excluding hydrogens is 1260 g/mol. The van der Waals surface area contributed by atoms with Crippen molar-refractivity contribution in [3.63, 3.8) is 0 Å². The molecule has 0 aliphatic rings. The third-order valence-corrected chi connectivity index (χ3v) is 0. The molecule has 0 spiro atoms. The van der Waals surface area contributed by atoms with Crippen molar-refractivity contribution in [2.45, 2.75) is 0 Å². The van der Waals surface area contributed by atoms with Gasteiger partial charge in [0, 0.05) is 0 Å². The predicted molar refractivity (Wildman–Crippen MR) is 0 cm³/mol. The Labute approximate surface area is 293 Å². The summed E-state index contributed by atoms with van der Waals surface area (Å²) in [6.07, 6.45) is 0. The van der Waals surface area contributed by atoms with Gasteiger partial charge in [-0.3, -0.25) is 0 Å². The summed E-state index contributed by atoms with van der Waals surface area (Å²) >= 11 is 0. The zero-order chi connectivity index (χ0) is 0. The van der Waals surface area contributed by atoms with Crippen molar-refractivity contribution < 1.29 is 303 Å². The van der Waals surface area contributed by atoms with Crippen LogP contribution >= 0.6 is 0 Å². The van der Waals surface area contributed by atoms with E-state index in [1.807, 2.05) is 0 Å². The van der Waals surface area contributed by atoms with Crippen molar-refractivity contribution in [1.29, 1.82) is 0 Å². The summed E-state index contributed by atoms with van der Waals surface area (Å²) < 4.78 is 0. The van der Waals surface area contributed by atoms with Gasteiger partial charge in [0.2, 0.25) is 0 Å².